The van der Waals surface area contributed by atoms with Crippen LogP contribution in [0, 0.1) is 13.8 Å². The third-order valence-electron chi connectivity index (χ3n) is 4.00. The Bertz CT molecular complexity index is 394. The number of hydrogen-bond acceptors (Lipinski definition) is 2. The first-order chi connectivity index (χ1) is 8.30. The molecule has 102 valence electrons. The summed E-state index contributed by atoms with van der Waals surface area (Å²) in [5.74, 6) is 0. The van der Waals surface area contributed by atoms with Crippen LogP contribution in [0.15, 0.2) is 18.2 Å². The number of hydrogen-bond donors (Lipinski definition) is 1. The summed E-state index contributed by atoms with van der Waals surface area (Å²) in [5.41, 5.74) is 4.18. The highest BCUT2D eigenvalue weighted by atomic mass is 15.2. The van der Waals surface area contributed by atoms with E-state index in [1.807, 2.05) is 0 Å². The number of benzene rings is 1. The summed E-state index contributed by atoms with van der Waals surface area (Å²) in [6.07, 6.45) is 0. The lowest BCUT2D eigenvalue weighted by atomic mass is 9.85. The van der Waals surface area contributed by atoms with Gasteiger partial charge in [-0.3, -0.25) is 0 Å². The number of aryl methyl sites for hydroxylation is 2. The third kappa shape index (κ3) is 3.12. The van der Waals surface area contributed by atoms with E-state index < -0.39 is 0 Å². The Morgan fingerprint density at radius 1 is 1.22 bits per heavy atom. The molecule has 0 spiro atoms. The minimum Gasteiger partial charge on any atom is -0.309 e. The molecule has 1 rings (SSSR count). The van der Waals surface area contributed by atoms with Crippen molar-refractivity contribution in [3.05, 3.63) is 34.9 Å². The zero-order chi connectivity index (χ0) is 13.9. The molecule has 0 bridgehead atoms. The summed E-state index contributed by atoms with van der Waals surface area (Å²) >= 11 is 0. The van der Waals surface area contributed by atoms with Crippen LogP contribution in [0.2, 0.25) is 0 Å². The van der Waals surface area contributed by atoms with Crippen LogP contribution < -0.4 is 5.32 Å². The molecule has 18 heavy (non-hydrogen) atoms. The molecular formula is C16H28N2. The van der Waals surface area contributed by atoms with Crippen molar-refractivity contribution in [1.82, 2.24) is 10.2 Å². The second-order valence-electron chi connectivity index (χ2n) is 5.90. The molecular weight excluding hydrogens is 220 g/mol. The van der Waals surface area contributed by atoms with Crippen molar-refractivity contribution >= 4 is 0 Å². The van der Waals surface area contributed by atoms with Gasteiger partial charge in [-0.05, 0) is 59.5 Å². The monoisotopic (exact) mass is 248 g/mol. The minimum atomic E-state index is 0.0794. The quantitative estimate of drug-likeness (QED) is 0.860. The fourth-order valence-corrected chi connectivity index (χ4v) is 2.35. The van der Waals surface area contributed by atoms with E-state index in [1.54, 1.807) is 0 Å². The van der Waals surface area contributed by atoms with E-state index in [1.165, 1.54) is 16.7 Å². The Morgan fingerprint density at radius 3 is 2.28 bits per heavy atom. The van der Waals surface area contributed by atoms with Gasteiger partial charge in [0.2, 0.25) is 0 Å². The molecule has 0 radical (unpaired) electrons. The Balaban J connectivity index is 3.19. The number of nitrogens with zero attached hydrogens (tertiary/aromatic N) is 1. The molecule has 1 atom stereocenters. The fraction of sp³-hybridized carbons (Fsp3) is 0.625. The van der Waals surface area contributed by atoms with Crippen molar-refractivity contribution in [2.45, 2.75) is 46.2 Å². The third-order valence-corrected chi connectivity index (χ3v) is 4.00. The van der Waals surface area contributed by atoms with Crippen LogP contribution in [0.5, 0.6) is 0 Å². The summed E-state index contributed by atoms with van der Waals surface area (Å²) in [5, 5.41) is 3.64. The predicted molar refractivity (Wildman–Crippen MR) is 80.1 cm³/mol. The van der Waals surface area contributed by atoms with Gasteiger partial charge in [0.05, 0.1) is 6.04 Å². The highest BCUT2D eigenvalue weighted by Crippen LogP contribution is 2.31. The van der Waals surface area contributed by atoms with Crippen molar-refractivity contribution in [2.75, 3.05) is 20.6 Å². The summed E-state index contributed by atoms with van der Waals surface area (Å²) in [6.45, 7) is 12.1. The Morgan fingerprint density at radius 2 is 1.83 bits per heavy atom. The highest BCUT2D eigenvalue weighted by Gasteiger charge is 2.32. The van der Waals surface area contributed by atoms with Crippen LogP contribution in [0.1, 0.15) is 43.5 Å². The second kappa shape index (κ2) is 5.85. The van der Waals surface area contributed by atoms with Gasteiger partial charge < -0.3 is 10.2 Å². The zero-order valence-electron chi connectivity index (χ0n) is 13.0. The minimum absolute atomic E-state index is 0.0794. The molecule has 0 fully saturated rings. The highest BCUT2D eigenvalue weighted by molar-refractivity contribution is 5.34. The van der Waals surface area contributed by atoms with Crippen molar-refractivity contribution < 1.29 is 0 Å². The lowest BCUT2D eigenvalue weighted by Gasteiger charge is -2.41. The van der Waals surface area contributed by atoms with Gasteiger partial charge in [-0.15, -0.1) is 0 Å². The van der Waals surface area contributed by atoms with Crippen LogP contribution in [0.3, 0.4) is 0 Å². The summed E-state index contributed by atoms with van der Waals surface area (Å²) in [4.78, 5) is 2.29. The largest absolute Gasteiger partial charge is 0.309 e. The maximum atomic E-state index is 3.64. The van der Waals surface area contributed by atoms with Crippen molar-refractivity contribution in [3.63, 3.8) is 0 Å². The lowest BCUT2D eigenvalue weighted by Crippen LogP contribution is -2.49. The first kappa shape index (κ1) is 15.2. The van der Waals surface area contributed by atoms with Crippen LogP contribution in [0.25, 0.3) is 0 Å². The van der Waals surface area contributed by atoms with Crippen LogP contribution in [0.4, 0.5) is 0 Å². The Labute approximate surface area is 112 Å². The molecule has 1 aromatic carbocycles. The van der Waals surface area contributed by atoms with Crippen molar-refractivity contribution in [1.29, 1.82) is 0 Å². The molecule has 0 aromatic heterocycles. The molecule has 0 aliphatic heterocycles. The van der Waals surface area contributed by atoms with Gasteiger partial charge in [0.15, 0.2) is 0 Å². The molecule has 1 aromatic rings. The summed E-state index contributed by atoms with van der Waals surface area (Å²) < 4.78 is 0. The van der Waals surface area contributed by atoms with E-state index in [4.69, 9.17) is 0 Å². The molecule has 0 aliphatic rings. The van der Waals surface area contributed by atoms with Gasteiger partial charge in [-0.1, -0.05) is 30.7 Å². The fourth-order valence-electron chi connectivity index (χ4n) is 2.35. The second-order valence-corrected chi connectivity index (χ2v) is 5.90. The van der Waals surface area contributed by atoms with Crippen LogP contribution in [-0.2, 0) is 0 Å². The maximum Gasteiger partial charge on any atom is 0.0504 e. The molecule has 1 N–H and O–H groups in total. The average Bonchev–Trinajstić information content (AvgIpc) is 2.26. The molecule has 2 nitrogen and oxygen atoms in total. The standard InChI is InChI=1S/C16H28N2/c1-8-17-15(16(4,5)18(6)7)14-10-9-12(2)11-13(14)3/h9-11,15,17H,8H2,1-7H3. The number of nitrogens with one attached hydrogen (secondary N) is 1. The topological polar surface area (TPSA) is 15.3 Å². The molecule has 0 amide bonds. The average molecular weight is 248 g/mol. The van der Waals surface area contributed by atoms with E-state index in [-0.39, 0.29) is 5.54 Å². The van der Waals surface area contributed by atoms with E-state index in [0.717, 1.165) is 6.54 Å². The summed E-state index contributed by atoms with van der Waals surface area (Å²) in [7, 11) is 4.29. The van der Waals surface area contributed by atoms with Crippen molar-refractivity contribution in [3.8, 4) is 0 Å². The van der Waals surface area contributed by atoms with Gasteiger partial charge in [0.25, 0.3) is 0 Å². The smallest absolute Gasteiger partial charge is 0.0504 e. The van der Waals surface area contributed by atoms with Crippen LogP contribution in [-0.4, -0.2) is 31.1 Å². The first-order valence-electron chi connectivity index (χ1n) is 6.78. The normalized spacial score (nSPS) is 14.0. The molecule has 0 heterocycles. The molecule has 0 aliphatic carbocycles. The predicted octanol–water partition coefficient (Wildman–Crippen LogP) is 3.29. The molecule has 2 heteroatoms. The molecule has 0 saturated carbocycles. The van der Waals surface area contributed by atoms with Gasteiger partial charge in [0, 0.05) is 5.54 Å². The van der Waals surface area contributed by atoms with E-state index in [2.05, 4.69) is 77.1 Å². The Hall–Kier alpha value is -0.860. The van der Waals surface area contributed by atoms with Gasteiger partial charge in [-0.2, -0.15) is 0 Å². The van der Waals surface area contributed by atoms with Gasteiger partial charge in [0.1, 0.15) is 0 Å². The summed E-state index contributed by atoms with van der Waals surface area (Å²) in [6, 6.07) is 7.09. The molecule has 1 unspecified atom stereocenters. The Kier molecular flexibility index (Phi) is 4.94. The number of likely N-dealkylation sites (N-methyl/N-ethyl adjacent to an activating group) is 2. The van der Waals surface area contributed by atoms with E-state index >= 15 is 0 Å². The maximum absolute atomic E-state index is 3.64. The SMILES string of the molecule is CCNC(c1ccc(C)cc1C)C(C)(C)N(C)C. The molecule has 0 saturated heterocycles. The zero-order valence-corrected chi connectivity index (χ0v) is 13.0. The van der Waals surface area contributed by atoms with E-state index in [0.29, 0.717) is 6.04 Å². The lowest BCUT2D eigenvalue weighted by molar-refractivity contribution is 0.138. The van der Waals surface area contributed by atoms with E-state index in [9.17, 15) is 0 Å². The van der Waals surface area contributed by atoms with Gasteiger partial charge in [-0.25, -0.2) is 0 Å². The first-order valence-corrected chi connectivity index (χ1v) is 6.78. The number of rotatable bonds is 5. The van der Waals surface area contributed by atoms with Crippen molar-refractivity contribution in [2.24, 2.45) is 0 Å². The van der Waals surface area contributed by atoms with Gasteiger partial charge >= 0.3 is 0 Å². The van der Waals surface area contributed by atoms with Crippen LogP contribution >= 0.6 is 0 Å².